The molecule has 0 aromatic heterocycles. The second-order valence-electron chi connectivity index (χ2n) is 5.18. The van der Waals surface area contributed by atoms with Crippen LogP contribution in [0.2, 0.25) is 5.02 Å². The Morgan fingerprint density at radius 1 is 1.22 bits per heavy atom. The highest BCUT2D eigenvalue weighted by Gasteiger charge is 2.05. The third kappa shape index (κ3) is 7.00. The molecule has 0 amide bonds. The second-order valence-corrected chi connectivity index (χ2v) is 5.61. The minimum atomic E-state index is 0.141. The summed E-state index contributed by atoms with van der Waals surface area (Å²) in [5.41, 5.74) is 7.27. The number of halogens is 1. The fourth-order valence-electron chi connectivity index (χ4n) is 1.72. The van der Waals surface area contributed by atoms with Crippen molar-refractivity contribution in [3.8, 4) is 0 Å². The molecular formula is C15H24ClNO. The van der Waals surface area contributed by atoms with Gasteiger partial charge < -0.3 is 10.5 Å². The molecule has 1 aromatic rings. The zero-order chi connectivity index (χ0) is 13.4. The molecule has 3 heteroatoms. The molecular weight excluding hydrogens is 246 g/mol. The lowest BCUT2D eigenvalue weighted by Crippen LogP contribution is -2.24. The number of nitrogens with two attached hydrogens (primary N) is 1. The van der Waals surface area contributed by atoms with E-state index in [0.29, 0.717) is 5.92 Å². The summed E-state index contributed by atoms with van der Waals surface area (Å²) in [6, 6.07) is 8.02. The van der Waals surface area contributed by atoms with Crippen molar-refractivity contribution in [2.24, 2.45) is 11.7 Å². The lowest BCUT2D eigenvalue weighted by Gasteiger charge is -2.12. The molecule has 0 spiro atoms. The zero-order valence-corrected chi connectivity index (χ0v) is 12.1. The van der Waals surface area contributed by atoms with E-state index >= 15 is 0 Å². The van der Waals surface area contributed by atoms with Crippen molar-refractivity contribution in [2.45, 2.75) is 39.2 Å². The predicted octanol–water partition coefficient (Wildman–Crippen LogP) is 3.66. The van der Waals surface area contributed by atoms with Gasteiger partial charge >= 0.3 is 0 Å². The molecule has 0 aliphatic heterocycles. The molecule has 0 bridgehead atoms. The fraction of sp³-hybridized carbons (Fsp3) is 0.600. The molecule has 1 unspecified atom stereocenters. The van der Waals surface area contributed by atoms with E-state index in [1.807, 2.05) is 18.2 Å². The summed E-state index contributed by atoms with van der Waals surface area (Å²) in [6.07, 6.45) is 2.86. The first-order valence-electron chi connectivity index (χ1n) is 6.65. The number of hydrogen-bond acceptors (Lipinski definition) is 2. The van der Waals surface area contributed by atoms with Gasteiger partial charge in [0.1, 0.15) is 0 Å². The summed E-state index contributed by atoms with van der Waals surface area (Å²) in [5, 5.41) is 0.771. The summed E-state index contributed by atoms with van der Waals surface area (Å²) >= 11 is 5.94. The average Bonchev–Trinajstić information content (AvgIpc) is 2.28. The van der Waals surface area contributed by atoms with Crippen LogP contribution in [-0.4, -0.2) is 19.3 Å². The third-order valence-corrected chi connectivity index (χ3v) is 3.09. The van der Waals surface area contributed by atoms with Gasteiger partial charge in [0.25, 0.3) is 0 Å². The summed E-state index contributed by atoms with van der Waals surface area (Å²) < 4.78 is 5.57. The largest absolute Gasteiger partial charge is 0.381 e. The number of benzene rings is 1. The van der Waals surface area contributed by atoms with Crippen LogP contribution in [0.5, 0.6) is 0 Å². The molecule has 1 atom stereocenters. The van der Waals surface area contributed by atoms with E-state index in [1.54, 1.807) is 0 Å². The van der Waals surface area contributed by atoms with Crippen LogP contribution in [-0.2, 0) is 11.2 Å². The van der Waals surface area contributed by atoms with Crippen molar-refractivity contribution in [1.82, 2.24) is 0 Å². The Morgan fingerprint density at radius 3 is 2.61 bits per heavy atom. The zero-order valence-electron chi connectivity index (χ0n) is 11.4. The Bertz CT molecular complexity index is 341. The van der Waals surface area contributed by atoms with E-state index < -0.39 is 0 Å². The molecule has 18 heavy (non-hydrogen) atoms. The molecule has 0 heterocycles. The maximum atomic E-state index is 6.07. The molecule has 2 N–H and O–H groups in total. The topological polar surface area (TPSA) is 35.2 Å². The van der Waals surface area contributed by atoms with Gasteiger partial charge in [0.15, 0.2) is 0 Å². The normalized spacial score (nSPS) is 12.9. The lowest BCUT2D eigenvalue weighted by atomic mass is 10.0. The van der Waals surface area contributed by atoms with Gasteiger partial charge in [-0.05, 0) is 42.9 Å². The first-order valence-corrected chi connectivity index (χ1v) is 7.03. The molecule has 0 saturated carbocycles. The Balaban J connectivity index is 2.16. The van der Waals surface area contributed by atoms with E-state index in [-0.39, 0.29) is 6.04 Å². The van der Waals surface area contributed by atoms with Gasteiger partial charge in [-0.25, -0.2) is 0 Å². The van der Waals surface area contributed by atoms with Gasteiger partial charge in [-0.2, -0.15) is 0 Å². The van der Waals surface area contributed by atoms with Crippen LogP contribution in [0.1, 0.15) is 32.3 Å². The van der Waals surface area contributed by atoms with E-state index in [2.05, 4.69) is 19.9 Å². The highest BCUT2D eigenvalue weighted by atomic mass is 35.5. The molecule has 0 fully saturated rings. The second kappa shape index (κ2) is 8.52. The number of ether oxygens (including phenoxy) is 1. The van der Waals surface area contributed by atoms with Gasteiger partial charge in [0, 0.05) is 24.3 Å². The summed E-state index contributed by atoms with van der Waals surface area (Å²) in [5.74, 6) is 0.699. The number of hydrogen-bond donors (Lipinski definition) is 1. The molecule has 0 aliphatic carbocycles. The highest BCUT2D eigenvalue weighted by molar-refractivity contribution is 6.30. The van der Waals surface area contributed by atoms with E-state index in [1.165, 1.54) is 5.56 Å². The average molecular weight is 270 g/mol. The van der Waals surface area contributed by atoms with Crippen LogP contribution in [0, 0.1) is 5.92 Å². The Kier molecular flexibility index (Phi) is 7.33. The predicted molar refractivity (Wildman–Crippen MR) is 78.0 cm³/mol. The first-order chi connectivity index (χ1) is 8.58. The van der Waals surface area contributed by atoms with Gasteiger partial charge in [-0.15, -0.1) is 0 Å². The Hall–Kier alpha value is -0.570. The standard InChI is InChI=1S/C15H24ClNO/c1-12(2)6-8-18-9-7-15(17)11-13-4-3-5-14(16)10-13/h3-5,10,12,15H,6-9,11,17H2,1-2H3. The van der Waals surface area contributed by atoms with Crippen molar-refractivity contribution in [3.63, 3.8) is 0 Å². The van der Waals surface area contributed by atoms with Crippen molar-refractivity contribution in [2.75, 3.05) is 13.2 Å². The molecule has 0 radical (unpaired) electrons. The van der Waals surface area contributed by atoms with Crippen molar-refractivity contribution < 1.29 is 4.74 Å². The third-order valence-electron chi connectivity index (χ3n) is 2.86. The first kappa shape index (κ1) is 15.5. The Labute approximate surface area is 115 Å². The maximum absolute atomic E-state index is 6.07. The van der Waals surface area contributed by atoms with Crippen LogP contribution < -0.4 is 5.73 Å². The van der Waals surface area contributed by atoms with E-state index in [0.717, 1.165) is 37.5 Å². The van der Waals surface area contributed by atoms with Crippen LogP contribution >= 0.6 is 11.6 Å². The van der Waals surface area contributed by atoms with Gasteiger partial charge in [-0.1, -0.05) is 37.6 Å². The Morgan fingerprint density at radius 2 is 1.94 bits per heavy atom. The highest BCUT2D eigenvalue weighted by Crippen LogP contribution is 2.12. The van der Waals surface area contributed by atoms with Crippen LogP contribution in [0.15, 0.2) is 24.3 Å². The molecule has 0 aliphatic rings. The van der Waals surface area contributed by atoms with Crippen molar-refractivity contribution in [3.05, 3.63) is 34.9 Å². The monoisotopic (exact) mass is 269 g/mol. The van der Waals surface area contributed by atoms with Crippen molar-refractivity contribution >= 4 is 11.6 Å². The van der Waals surface area contributed by atoms with Crippen LogP contribution in [0.25, 0.3) is 0 Å². The molecule has 1 aromatic carbocycles. The van der Waals surface area contributed by atoms with Crippen molar-refractivity contribution in [1.29, 1.82) is 0 Å². The summed E-state index contributed by atoms with van der Waals surface area (Å²) in [7, 11) is 0. The van der Waals surface area contributed by atoms with E-state index in [9.17, 15) is 0 Å². The van der Waals surface area contributed by atoms with E-state index in [4.69, 9.17) is 22.1 Å². The minimum absolute atomic E-state index is 0.141. The van der Waals surface area contributed by atoms with Crippen LogP contribution in [0.4, 0.5) is 0 Å². The van der Waals surface area contributed by atoms with Gasteiger partial charge in [0.05, 0.1) is 0 Å². The maximum Gasteiger partial charge on any atom is 0.0480 e. The SMILES string of the molecule is CC(C)CCOCCC(N)Cc1cccc(Cl)c1. The van der Waals surface area contributed by atoms with Gasteiger partial charge in [0.2, 0.25) is 0 Å². The summed E-state index contributed by atoms with van der Waals surface area (Å²) in [6.45, 7) is 5.98. The molecule has 1 rings (SSSR count). The fourth-order valence-corrected chi connectivity index (χ4v) is 1.94. The molecule has 0 saturated heterocycles. The van der Waals surface area contributed by atoms with Gasteiger partial charge in [-0.3, -0.25) is 0 Å². The lowest BCUT2D eigenvalue weighted by molar-refractivity contribution is 0.117. The minimum Gasteiger partial charge on any atom is -0.381 e. The molecule has 102 valence electrons. The number of rotatable bonds is 8. The summed E-state index contributed by atoms with van der Waals surface area (Å²) in [4.78, 5) is 0. The smallest absolute Gasteiger partial charge is 0.0480 e. The quantitative estimate of drug-likeness (QED) is 0.731. The molecule has 2 nitrogen and oxygen atoms in total. The van der Waals surface area contributed by atoms with Crippen LogP contribution in [0.3, 0.4) is 0 Å².